The molecule has 8 heteroatoms. The topological polar surface area (TPSA) is 74.6 Å². The zero-order chi connectivity index (χ0) is 22.7. The maximum absolute atomic E-state index is 4.84. The van der Waals surface area contributed by atoms with Crippen molar-refractivity contribution in [3.05, 3.63) is 57.5 Å². The number of hydrogen-bond donors (Lipinski definition) is 2. The fourth-order valence-corrected chi connectivity index (χ4v) is 6.64. The molecule has 0 bridgehead atoms. The first-order valence-electron chi connectivity index (χ1n) is 12.2. The standard InChI is InChI=1S/C26H28N6S2/c1(3-5-23-31-19-9-7-17(15-21(19)33-23)25-27-11-12-28-25)2-4-6-24-32-20-10-8-18(16-22(20)34-24)26-29-13-14-30-26/h7-10,15-16H,1-6,11-14H2,(H,27,28)(H,29,30). The first-order chi connectivity index (χ1) is 16.8. The Kier molecular flexibility index (Phi) is 6.25. The molecule has 2 aromatic heterocycles. The second kappa shape index (κ2) is 9.80. The van der Waals surface area contributed by atoms with Crippen LogP contribution < -0.4 is 10.6 Å². The molecule has 0 spiro atoms. The molecule has 0 aliphatic carbocycles. The largest absolute Gasteiger partial charge is 0.368 e. The van der Waals surface area contributed by atoms with Gasteiger partial charge in [0.05, 0.1) is 43.5 Å². The maximum Gasteiger partial charge on any atom is 0.128 e. The Labute approximate surface area is 207 Å². The summed E-state index contributed by atoms with van der Waals surface area (Å²) < 4.78 is 2.53. The monoisotopic (exact) mass is 488 g/mol. The summed E-state index contributed by atoms with van der Waals surface area (Å²) in [5.74, 6) is 2.04. The van der Waals surface area contributed by atoms with Crippen LogP contribution in [0.15, 0.2) is 46.4 Å². The highest BCUT2D eigenvalue weighted by Crippen LogP contribution is 2.27. The Morgan fingerprint density at radius 2 is 1.15 bits per heavy atom. The number of unbranched alkanes of at least 4 members (excludes halogenated alkanes) is 3. The first kappa shape index (κ1) is 21.7. The highest BCUT2D eigenvalue weighted by molar-refractivity contribution is 7.18. The summed E-state index contributed by atoms with van der Waals surface area (Å²) >= 11 is 3.66. The Morgan fingerprint density at radius 1 is 0.647 bits per heavy atom. The van der Waals surface area contributed by atoms with Gasteiger partial charge in [-0.25, -0.2) is 9.97 Å². The SMILES string of the molecule is c1cc2nc(CCCCCCc3nc4ccc(C5=NCCN5)cc4s3)sc2cc1C1=NCCN1. The summed E-state index contributed by atoms with van der Waals surface area (Å²) in [5.41, 5.74) is 4.57. The summed E-state index contributed by atoms with van der Waals surface area (Å²) in [6.07, 6.45) is 6.99. The number of amidine groups is 2. The smallest absolute Gasteiger partial charge is 0.128 e. The van der Waals surface area contributed by atoms with E-state index in [1.807, 2.05) is 22.7 Å². The number of aliphatic imine (C=N–C) groups is 2. The van der Waals surface area contributed by atoms with Crippen LogP contribution >= 0.6 is 22.7 Å². The molecule has 0 unspecified atom stereocenters. The van der Waals surface area contributed by atoms with E-state index >= 15 is 0 Å². The minimum atomic E-state index is 0.870. The quantitative estimate of drug-likeness (QED) is 0.327. The van der Waals surface area contributed by atoms with E-state index in [1.165, 1.54) is 56.2 Å². The number of nitrogens with zero attached hydrogens (tertiary/aromatic N) is 4. The highest BCUT2D eigenvalue weighted by Gasteiger charge is 2.12. The number of fused-ring (bicyclic) bond motifs is 2. The number of nitrogens with one attached hydrogen (secondary N) is 2. The second-order valence-corrected chi connectivity index (χ2v) is 11.0. The molecule has 174 valence electrons. The fraction of sp³-hybridized carbons (Fsp3) is 0.385. The summed E-state index contributed by atoms with van der Waals surface area (Å²) in [6, 6.07) is 13.0. The van der Waals surface area contributed by atoms with Gasteiger partial charge in [0.15, 0.2) is 0 Å². The Balaban J connectivity index is 0.976. The van der Waals surface area contributed by atoms with Crippen molar-refractivity contribution in [1.82, 2.24) is 20.6 Å². The maximum atomic E-state index is 4.84. The molecule has 0 amide bonds. The third-order valence-corrected chi connectivity index (χ3v) is 8.45. The lowest BCUT2D eigenvalue weighted by molar-refractivity contribution is 0.639. The number of rotatable bonds is 9. The predicted octanol–water partition coefficient (Wildman–Crippen LogP) is 4.95. The van der Waals surface area contributed by atoms with Crippen LogP contribution in [0.4, 0.5) is 0 Å². The average Bonchev–Trinajstić information content (AvgIpc) is 3.66. The molecule has 0 fully saturated rings. The van der Waals surface area contributed by atoms with E-state index in [1.54, 1.807) is 0 Å². The van der Waals surface area contributed by atoms with Crippen molar-refractivity contribution in [3.8, 4) is 0 Å². The Morgan fingerprint density at radius 3 is 1.59 bits per heavy atom. The average molecular weight is 489 g/mol. The number of aryl methyl sites for hydroxylation is 2. The van der Waals surface area contributed by atoms with Gasteiger partial charge in [-0.3, -0.25) is 9.98 Å². The van der Waals surface area contributed by atoms with Gasteiger partial charge in [-0.1, -0.05) is 12.8 Å². The highest BCUT2D eigenvalue weighted by atomic mass is 32.1. The van der Waals surface area contributed by atoms with Crippen molar-refractivity contribution < 1.29 is 0 Å². The summed E-state index contributed by atoms with van der Waals surface area (Å²) in [4.78, 5) is 18.7. The molecule has 0 saturated carbocycles. The molecule has 6 nitrogen and oxygen atoms in total. The van der Waals surface area contributed by atoms with Crippen LogP contribution in [0.3, 0.4) is 0 Å². The van der Waals surface area contributed by atoms with E-state index < -0.39 is 0 Å². The lowest BCUT2D eigenvalue weighted by Crippen LogP contribution is -2.19. The van der Waals surface area contributed by atoms with Crippen LogP contribution in [-0.4, -0.2) is 47.8 Å². The van der Waals surface area contributed by atoms with Crippen LogP contribution in [0.2, 0.25) is 0 Å². The molecule has 4 heterocycles. The molecule has 2 N–H and O–H groups in total. The van der Waals surface area contributed by atoms with Gasteiger partial charge in [-0.15, -0.1) is 22.7 Å². The summed E-state index contributed by atoms with van der Waals surface area (Å²) in [7, 11) is 0. The molecule has 2 aliphatic heterocycles. The molecule has 0 saturated heterocycles. The third kappa shape index (κ3) is 4.70. The number of hydrogen-bond acceptors (Lipinski definition) is 8. The molecular formula is C26H28N6S2. The Bertz CT molecular complexity index is 1280. The van der Waals surface area contributed by atoms with E-state index in [-0.39, 0.29) is 0 Å². The number of thiazole rings is 2. The molecule has 2 aromatic carbocycles. The van der Waals surface area contributed by atoms with Crippen LogP contribution in [-0.2, 0) is 12.8 Å². The van der Waals surface area contributed by atoms with Crippen molar-refractivity contribution >= 4 is 54.8 Å². The normalized spacial score (nSPS) is 15.5. The van der Waals surface area contributed by atoms with Crippen LogP contribution in [0.25, 0.3) is 20.4 Å². The van der Waals surface area contributed by atoms with Gasteiger partial charge in [0.25, 0.3) is 0 Å². The van der Waals surface area contributed by atoms with Crippen LogP contribution in [0.5, 0.6) is 0 Å². The third-order valence-electron chi connectivity index (χ3n) is 6.29. The van der Waals surface area contributed by atoms with Crippen molar-refractivity contribution in [3.63, 3.8) is 0 Å². The number of aromatic nitrogens is 2. The predicted molar refractivity (Wildman–Crippen MR) is 144 cm³/mol. The van der Waals surface area contributed by atoms with Crippen molar-refractivity contribution in [2.45, 2.75) is 38.5 Å². The molecule has 2 aliphatic rings. The molecule has 0 radical (unpaired) electrons. The zero-order valence-corrected chi connectivity index (χ0v) is 20.8. The molecular weight excluding hydrogens is 460 g/mol. The molecule has 6 rings (SSSR count). The fourth-order valence-electron chi connectivity index (χ4n) is 4.54. The van der Waals surface area contributed by atoms with Crippen LogP contribution in [0.1, 0.15) is 46.8 Å². The summed E-state index contributed by atoms with van der Waals surface area (Å²) in [5, 5.41) is 9.20. The minimum absolute atomic E-state index is 0.870. The number of benzene rings is 2. The van der Waals surface area contributed by atoms with Gasteiger partial charge in [-0.05, 0) is 62.1 Å². The van der Waals surface area contributed by atoms with Gasteiger partial charge in [-0.2, -0.15) is 0 Å². The van der Waals surface area contributed by atoms with Crippen LogP contribution in [0, 0.1) is 0 Å². The van der Waals surface area contributed by atoms with E-state index in [9.17, 15) is 0 Å². The molecule has 0 atom stereocenters. The van der Waals surface area contributed by atoms with E-state index in [0.717, 1.165) is 61.7 Å². The minimum Gasteiger partial charge on any atom is -0.368 e. The van der Waals surface area contributed by atoms with Crippen molar-refractivity contribution in [2.75, 3.05) is 26.2 Å². The van der Waals surface area contributed by atoms with E-state index in [2.05, 4.69) is 57.0 Å². The lowest BCUT2D eigenvalue weighted by atomic mass is 10.1. The zero-order valence-electron chi connectivity index (χ0n) is 19.1. The van der Waals surface area contributed by atoms with Crippen molar-refractivity contribution in [2.24, 2.45) is 9.98 Å². The van der Waals surface area contributed by atoms with Gasteiger partial charge in [0.2, 0.25) is 0 Å². The first-order valence-corrected chi connectivity index (χ1v) is 13.8. The summed E-state index contributed by atoms with van der Waals surface area (Å²) in [6.45, 7) is 3.62. The molecule has 34 heavy (non-hydrogen) atoms. The van der Waals surface area contributed by atoms with Gasteiger partial charge >= 0.3 is 0 Å². The molecule has 4 aromatic rings. The Hall–Kier alpha value is -2.84. The van der Waals surface area contributed by atoms with E-state index in [4.69, 9.17) is 9.97 Å². The van der Waals surface area contributed by atoms with Gasteiger partial charge in [0.1, 0.15) is 11.7 Å². The van der Waals surface area contributed by atoms with E-state index in [0.29, 0.717) is 0 Å². The second-order valence-electron chi connectivity index (χ2n) is 8.81. The van der Waals surface area contributed by atoms with Gasteiger partial charge in [0, 0.05) is 24.2 Å². The van der Waals surface area contributed by atoms with Crippen molar-refractivity contribution in [1.29, 1.82) is 0 Å². The van der Waals surface area contributed by atoms with Gasteiger partial charge < -0.3 is 10.6 Å². The lowest BCUT2D eigenvalue weighted by Gasteiger charge is -2.01.